The Balaban J connectivity index is 2.19. The van der Waals surface area contributed by atoms with Gasteiger partial charge in [-0.2, -0.15) is 0 Å². The minimum absolute atomic E-state index is 0.0337. The molecule has 1 aromatic carbocycles. The van der Waals surface area contributed by atoms with E-state index in [-0.39, 0.29) is 6.61 Å². The predicted octanol–water partition coefficient (Wildman–Crippen LogP) is 3.68. The van der Waals surface area contributed by atoms with E-state index in [4.69, 9.17) is 27.9 Å². The molecule has 2 nitrogen and oxygen atoms in total. The van der Waals surface area contributed by atoms with Gasteiger partial charge in [0.1, 0.15) is 11.4 Å². The van der Waals surface area contributed by atoms with E-state index in [9.17, 15) is 5.11 Å². The summed E-state index contributed by atoms with van der Waals surface area (Å²) in [5.74, 6) is 0.599. The molecule has 0 aliphatic heterocycles. The Morgan fingerprint density at radius 1 is 1.25 bits per heavy atom. The van der Waals surface area contributed by atoms with Gasteiger partial charge in [0.25, 0.3) is 0 Å². The third-order valence-corrected chi connectivity index (χ3v) is 3.55. The van der Waals surface area contributed by atoms with E-state index in [1.807, 2.05) is 0 Å². The number of hydrogen-bond acceptors (Lipinski definition) is 2. The largest absolute Gasteiger partial charge is 0.483 e. The zero-order chi connectivity index (χ0) is 11.6. The van der Waals surface area contributed by atoms with Gasteiger partial charge in [-0.05, 0) is 43.9 Å². The molecule has 0 bridgehead atoms. The zero-order valence-corrected chi connectivity index (χ0v) is 10.4. The van der Waals surface area contributed by atoms with Crippen molar-refractivity contribution in [2.75, 3.05) is 6.61 Å². The van der Waals surface area contributed by atoms with Crippen molar-refractivity contribution in [2.24, 2.45) is 0 Å². The molecule has 0 unspecified atom stereocenters. The topological polar surface area (TPSA) is 29.5 Å². The summed E-state index contributed by atoms with van der Waals surface area (Å²) in [6.07, 6.45) is 3.93. The smallest absolute Gasteiger partial charge is 0.138 e. The molecule has 0 saturated heterocycles. The Morgan fingerprint density at radius 2 is 1.94 bits per heavy atom. The van der Waals surface area contributed by atoms with Gasteiger partial charge in [-0.25, -0.2) is 0 Å². The number of rotatable bonds is 3. The molecule has 0 aromatic heterocycles. The van der Waals surface area contributed by atoms with Gasteiger partial charge in [0, 0.05) is 5.02 Å². The van der Waals surface area contributed by atoms with Crippen LogP contribution in [-0.4, -0.2) is 17.3 Å². The average molecular weight is 261 g/mol. The van der Waals surface area contributed by atoms with Crippen LogP contribution < -0.4 is 4.74 Å². The van der Waals surface area contributed by atoms with E-state index in [0.29, 0.717) is 15.8 Å². The van der Waals surface area contributed by atoms with E-state index in [0.717, 1.165) is 25.7 Å². The molecule has 4 heteroatoms. The van der Waals surface area contributed by atoms with Crippen molar-refractivity contribution in [3.05, 3.63) is 28.2 Å². The SMILES string of the molecule is OCC1(Oc2ccc(Cl)cc2Cl)CCCC1. The minimum Gasteiger partial charge on any atom is -0.483 e. The molecule has 88 valence electrons. The van der Waals surface area contributed by atoms with Crippen LogP contribution in [0.25, 0.3) is 0 Å². The van der Waals surface area contributed by atoms with Gasteiger partial charge in [0.05, 0.1) is 11.6 Å². The van der Waals surface area contributed by atoms with Crippen LogP contribution in [0.4, 0.5) is 0 Å². The van der Waals surface area contributed by atoms with Gasteiger partial charge in [-0.15, -0.1) is 0 Å². The Kier molecular flexibility index (Phi) is 3.63. The van der Waals surface area contributed by atoms with E-state index < -0.39 is 5.60 Å². The van der Waals surface area contributed by atoms with Crippen LogP contribution in [-0.2, 0) is 0 Å². The van der Waals surface area contributed by atoms with Crippen LogP contribution in [0.15, 0.2) is 18.2 Å². The highest BCUT2D eigenvalue weighted by atomic mass is 35.5. The number of ether oxygens (including phenoxy) is 1. The Bertz CT molecular complexity index is 373. The monoisotopic (exact) mass is 260 g/mol. The van der Waals surface area contributed by atoms with E-state index in [1.165, 1.54) is 0 Å². The van der Waals surface area contributed by atoms with Crippen LogP contribution in [0, 0.1) is 0 Å². The summed E-state index contributed by atoms with van der Waals surface area (Å²) < 4.78 is 5.86. The lowest BCUT2D eigenvalue weighted by Crippen LogP contribution is -2.36. The summed E-state index contributed by atoms with van der Waals surface area (Å²) in [4.78, 5) is 0. The molecule has 1 saturated carbocycles. The van der Waals surface area contributed by atoms with Crippen LogP contribution >= 0.6 is 23.2 Å². The summed E-state index contributed by atoms with van der Waals surface area (Å²) in [5, 5.41) is 10.5. The van der Waals surface area contributed by atoms with Crippen LogP contribution in [0.1, 0.15) is 25.7 Å². The predicted molar refractivity (Wildman–Crippen MR) is 65.4 cm³/mol. The molecule has 0 spiro atoms. The van der Waals surface area contributed by atoms with Crippen LogP contribution in [0.5, 0.6) is 5.75 Å². The summed E-state index contributed by atoms with van der Waals surface area (Å²) in [7, 11) is 0. The number of benzene rings is 1. The molecular weight excluding hydrogens is 247 g/mol. The quantitative estimate of drug-likeness (QED) is 0.899. The van der Waals surface area contributed by atoms with E-state index in [2.05, 4.69) is 0 Å². The highest BCUT2D eigenvalue weighted by molar-refractivity contribution is 6.35. The third kappa shape index (κ3) is 2.45. The molecule has 1 aromatic rings. The second-order valence-corrected chi connectivity index (χ2v) is 5.07. The summed E-state index contributed by atoms with van der Waals surface area (Å²) in [6, 6.07) is 5.14. The number of aliphatic hydroxyl groups excluding tert-OH is 1. The molecule has 0 atom stereocenters. The first kappa shape index (κ1) is 12.0. The van der Waals surface area contributed by atoms with Gasteiger partial charge in [-0.3, -0.25) is 0 Å². The molecule has 0 heterocycles. The van der Waals surface area contributed by atoms with Crippen molar-refractivity contribution in [3.63, 3.8) is 0 Å². The van der Waals surface area contributed by atoms with Crippen molar-refractivity contribution >= 4 is 23.2 Å². The normalized spacial score (nSPS) is 18.7. The Morgan fingerprint density at radius 3 is 2.50 bits per heavy atom. The molecular formula is C12H14Cl2O2. The average Bonchev–Trinajstić information content (AvgIpc) is 2.72. The lowest BCUT2D eigenvalue weighted by atomic mass is 10.0. The maximum atomic E-state index is 9.43. The summed E-state index contributed by atoms with van der Waals surface area (Å²) >= 11 is 11.8. The fourth-order valence-corrected chi connectivity index (χ4v) is 2.55. The molecule has 1 aliphatic carbocycles. The zero-order valence-electron chi connectivity index (χ0n) is 8.88. The van der Waals surface area contributed by atoms with Crippen molar-refractivity contribution in [3.8, 4) is 5.75 Å². The molecule has 2 rings (SSSR count). The second kappa shape index (κ2) is 4.82. The van der Waals surface area contributed by atoms with Crippen molar-refractivity contribution < 1.29 is 9.84 Å². The van der Waals surface area contributed by atoms with Gasteiger partial charge in [0.15, 0.2) is 0 Å². The van der Waals surface area contributed by atoms with Gasteiger partial charge < -0.3 is 9.84 Å². The number of aliphatic hydroxyl groups is 1. The lowest BCUT2D eigenvalue weighted by Gasteiger charge is -2.28. The molecule has 0 amide bonds. The highest BCUT2D eigenvalue weighted by Gasteiger charge is 2.35. The first-order valence-electron chi connectivity index (χ1n) is 5.40. The Hall–Kier alpha value is -0.440. The van der Waals surface area contributed by atoms with Crippen LogP contribution in [0.2, 0.25) is 10.0 Å². The first-order valence-corrected chi connectivity index (χ1v) is 6.16. The maximum absolute atomic E-state index is 9.43. The van der Waals surface area contributed by atoms with E-state index in [1.54, 1.807) is 18.2 Å². The highest BCUT2D eigenvalue weighted by Crippen LogP contribution is 2.37. The van der Waals surface area contributed by atoms with E-state index >= 15 is 0 Å². The maximum Gasteiger partial charge on any atom is 0.138 e. The summed E-state index contributed by atoms with van der Waals surface area (Å²) in [5.41, 5.74) is -0.447. The Labute approximate surface area is 105 Å². The molecule has 1 N–H and O–H groups in total. The number of hydrogen-bond donors (Lipinski definition) is 1. The van der Waals surface area contributed by atoms with Gasteiger partial charge in [0.2, 0.25) is 0 Å². The van der Waals surface area contributed by atoms with Crippen molar-refractivity contribution in [1.29, 1.82) is 0 Å². The fourth-order valence-electron chi connectivity index (χ4n) is 2.10. The molecule has 16 heavy (non-hydrogen) atoms. The standard InChI is InChI=1S/C12H14Cl2O2/c13-9-3-4-11(10(14)7-9)16-12(8-15)5-1-2-6-12/h3-4,7,15H,1-2,5-6,8H2. The van der Waals surface area contributed by atoms with Gasteiger partial charge >= 0.3 is 0 Å². The summed E-state index contributed by atoms with van der Waals surface area (Å²) in [6.45, 7) is 0.0337. The lowest BCUT2D eigenvalue weighted by molar-refractivity contribution is 0.0153. The minimum atomic E-state index is -0.447. The number of halogens is 2. The fraction of sp³-hybridized carbons (Fsp3) is 0.500. The molecule has 1 fully saturated rings. The van der Waals surface area contributed by atoms with Crippen LogP contribution in [0.3, 0.4) is 0 Å². The molecule has 1 aliphatic rings. The first-order chi connectivity index (χ1) is 7.65. The molecule has 0 radical (unpaired) electrons. The van der Waals surface area contributed by atoms with Crippen molar-refractivity contribution in [2.45, 2.75) is 31.3 Å². The van der Waals surface area contributed by atoms with Crippen molar-refractivity contribution in [1.82, 2.24) is 0 Å². The second-order valence-electron chi connectivity index (χ2n) is 4.23. The van der Waals surface area contributed by atoms with Gasteiger partial charge in [-0.1, -0.05) is 23.2 Å². The third-order valence-electron chi connectivity index (χ3n) is 3.02.